The van der Waals surface area contributed by atoms with Crippen LogP contribution in [0.2, 0.25) is 5.02 Å². The van der Waals surface area contributed by atoms with Gasteiger partial charge in [0.05, 0.1) is 6.10 Å². The summed E-state index contributed by atoms with van der Waals surface area (Å²) in [6.45, 7) is 4.41. The number of ether oxygens (including phenoxy) is 2. The normalized spacial score (nSPS) is 13.6. The topological polar surface area (TPSA) is 67.8 Å². The van der Waals surface area contributed by atoms with Crippen LogP contribution in [0.3, 0.4) is 0 Å². The van der Waals surface area contributed by atoms with E-state index in [4.69, 9.17) is 21.1 Å². The van der Waals surface area contributed by atoms with E-state index in [1.165, 1.54) is 0 Å². The SMILES string of the molecule is COCCCNC(=O)C(C)Oc1ccc(Cl)cc1[C@@H](C)O. The van der Waals surface area contributed by atoms with Gasteiger partial charge < -0.3 is 19.9 Å². The molecule has 118 valence electrons. The number of methoxy groups -OCH3 is 1. The minimum absolute atomic E-state index is 0.211. The van der Waals surface area contributed by atoms with Gasteiger partial charge in [-0.3, -0.25) is 4.79 Å². The van der Waals surface area contributed by atoms with Gasteiger partial charge in [0, 0.05) is 30.8 Å². The number of benzene rings is 1. The van der Waals surface area contributed by atoms with Gasteiger partial charge in [0.15, 0.2) is 6.10 Å². The Hall–Kier alpha value is -1.30. The largest absolute Gasteiger partial charge is 0.481 e. The second-order valence-corrected chi connectivity index (χ2v) is 5.19. The average molecular weight is 316 g/mol. The molecule has 1 aromatic carbocycles. The molecular formula is C15H22ClNO4. The molecule has 1 amide bonds. The van der Waals surface area contributed by atoms with Crippen molar-refractivity contribution in [1.29, 1.82) is 0 Å². The van der Waals surface area contributed by atoms with Crippen molar-refractivity contribution in [3.8, 4) is 5.75 Å². The summed E-state index contributed by atoms with van der Waals surface area (Å²) in [5.41, 5.74) is 0.557. The number of nitrogens with one attached hydrogen (secondary N) is 1. The zero-order chi connectivity index (χ0) is 15.8. The standard InChI is InChI=1S/C15H22ClNO4/c1-10(18)13-9-12(16)5-6-14(13)21-11(2)15(19)17-7-4-8-20-3/h5-6,9-11,18H,4,7-8H2,1-3H3,(H,17,19)/t10-,11?/m1/s1. The van der Waals surface area contributed by atoms with Crippen LogP contribution in [0.1, 0.15) is 31.9 Å². The third kappa shape index (κ3) is 5.91. The zero-order valence-corrected chi connectivity index (χ0v) is 13.3. The number of aliphatic hydroxyl groups is 1. The zero-order valence-electron chi connectivity index (χ0n) is 12.6. The monoisotopic (exact) mass is 315 g/mol. The third-order valence-corrected chi connectivity index (χ3v) is 3.15. The first kappa shape index (κ1) is 17.8. The van der Waals surface area contributed by atoms with E-state index in [1.54, 1.807) is 39.2 Å². The number of hydrogen-bond donors (Lipinski definition) is 2. The van der Waals surface area contributed by atoms with E-state index in [2.05, 4.69) is 5.32 Å². The van der Waals surface area contributed by atoms with Crippen molar-refractivity contribution in [2.75, 3.05) is 20.3 Å². The minimum atomic E-state index is -0.726. The predicted molar refractivity (Wildman–Crippen MR) is 81.7 cm³/mol. The number of amides is 1. The molecule has 2 atom stereocenters. The maximum atomic E-state index is 11.9. The van der Waals surface area contributed by atoms with Crippen LogP contribution >= 0.6 is 11.6 Å². The number of halogens is 1. The molecule has 6 heteroatoms. The van der Waals surface area contributed by atoms with Gasteiger partial charge in [-0.05, 0) is 38.5 Å². The van der Waals surface area contributed by atoms with Crippen LogP contribution in [-0.2, 0) is 9.53 Å². The molecule has 0 aliphatic rings. The Kier molecular flexibility index (Phi) is 7.50. The molecule has 0 radical (unpaired) electrons. The van der Waals surface area contributed by atoms with Gasteiger partial charge in [-0.2, -0.15) is 0 Å². The molecule has 0 spiro atoms. The number of aliphatic hydroxyl groups excluding tert-OH is 1. The average Bonchev–Trinajstić information content (AvgIpc) is 2.44. The van der Waals surface area contributed by atoms with Crippen LogP contribution in [0.25, 0.3) is 0 Å². The molecule has 0 bridgehead atoms. The lowest BCUT2D eigenvalue weighted by atomic mass is 10.1. The Morgan fingerprint density at radius 1 is 1.43 bits per heavy atom. The molecule has 1 aromatic rings. The van der Waals surface area contributed by atoms with E-state index < -0.39 is 12.2 Å². The molecule has 0 aromatic heterocycles. The quantitative estimate of drug-likeness (QED) is 0.722. The molecule has 0 saturated carbocycles. The molecule has 0 aliphatic carbocycles. The second-order valence-electron chi connectivity index (χ2n) is 4.76. The summed E-state index contributed by atoms with van der Waals surface area (Å²) in [5, 5.41) is 13.0. The molecule has 0 saturated heterocycles. The van der Waals surface area contributed by atoms with Gasteiger partial charge in [-0.1, -0.05) is 11.6 Å². The predicted octanol–water partition coefficient (Wildman–Crippen LogP) is 2.31. The Labute approximate surface area is 130 Å². The van der Waals surface area contributed by atoms with Gasteiger partial charge in [0.1, 0.15) is 5.75 Å². The van der Waals surface area contributed by atoms with Crippen LogP contribution < -0.4 is 10.1 Å². The van der Waals surface area contributed by atoms with E-state index in [9.17, 15) is 9.90 Å². The molecule has 0 heterocycles. The second kappa shape index (κ2) is 8.87. The summed E-state index contributed by atoms with van der Waals surface area (Å²) in [5.74, 6) is 0.242. The first-order chi connectivity index (χ1) is 9.95. The van der Waals surface area contributed by atoms with Crippen molar-refractivity contribution in [2.45, 2.75) is 32.5 Å². The molecule has 2 N–H and O–H groups in total. The van der Waals surface area contributed by atoms with Crippen LogP contribution in [0.15, 0.2) is 18.2 Å². The number of hydrogen-bond acceptors (Lipinski definition) is 4. The first-order valence-electron chi connectivity index (χ1n) is 6.86. The number of carbonyl (C=O) groups is 1. The molecule has 1 unspecified atom stereocenters. The summed E-state index contributed by atoms with van der Waals surface area (Å²) < 4.78 is 10.5. The fourth-order valence-electron chi connectivity index (χ4n) is 1.77. The van der Waals surface area contributed by atoms with Gasteiger partial charge in [0.25, 0.3) is 5.91 Å². The van der Waals surface area contributed by atoms with E-state index in [0.717, 1.165) is 6.42 Å². The highest BCUT2D eigenvalue weighted by Crippen LogP contribution is 2.29. The maximum absolute atomic E-state index is 11.9. The van der Waals surface area contributed by atoms with E-state index in [-0.39, 0.29) is 5.91 Å². The lowest BCUT2D eigenvalue weighted by molar-refractivity contribution is -0.127. The Morgan fingerprint density at radius 2 is 2.14 bits per heavy atom. The van der Waals surface area contributed by atoms with Crippen molar-refractivity contribution in [3.05, 3.63) is 28.8 Å². The Balaban J connectivity index is 2.61. The lowest BCUT2D eigenvalue weighted by Crippen LogP contribution is -2.37. The lowest BCUT2D eigenvalue weighted by Gasteiger charge is -2.18. The number of carbonyl (C=O) groups excluding carboxylic acids is 1. The number of rotatable bonds is 8. The van der Waals surface area contributed by atoms with Gasteiger partial charge in [-0.25, -0.2) is 0 Å². The fraction of sp³-hybridized carbons (Fsp3) is 0.533. The highest BCUT2D eigenvalue weighted by Gasteiger charge is 2.17. The van der Waals surface area contributed by atoms with E-state index in [0.29, 0.717) is 29.5 Å². The van der Waals surface area contributed by atoms with Crippen molar-refractivity contribution in [1.82, 2.24) is 5.32 Å². The Morgan fingerprint density at radius 3 is 2.76 bits per heavy atom. The third-order valence-electron chi connectivity index (χ3n) is 2.92. The summed E-state index contributed by atoms with van der Waals surface area (Å²) in [7, 11) is 1.62. The van der Waals surface area contributed by atoms with Crippen LogP contribution in [0.5, 0.6) is 5.75 Å². The van der Waals surface area contributed by atoms with E-state index in [1.807, 2.05) is 0 Å². The maximum Gasteiger partial charge on any atom is 0.260 e. The smallest absolute Gasteiger partial charge is 0.260 e. The summed E-state index contributed by atoms with van der Waals surface area (Å²) >= 11 is 5.90. The molecule has 5 nitrogen and oxygen atoms in total. The van der Waals surface area contributed by atoms with Crippen molar-refractivity contribution in [3.63, 3.8) is 0 Å². The molecule has 21 heavy (non-hydrogen) atoms. The summed E-state index contributed by atoms with van der Waals surface area (Å²) in [6.07, 6.45) is -0.642. The van der Waals surface area contributed by atoms with Crippen LogP contribution in [0, 0.1) is 0 Å². The molecule has 0 aliphatic heterocycles. The van der Waals surface area contributed by atoms with Crippen LogP contribution in [0.4, 0.5) is 0 Å². The molecular weight excluding hydrogens is 294 g/mol. The van der Waals surface area contributed by atoms with Crippen molar-refractivity contribution in [2.24, 2.45) is 0 Å². The highest BCUT2D eigenvalue weighted by molar-refractivity contribution is 6.30. The Bertz CT molecular complexity index is 465. The fourth-order valence-corrected chi connectivity index (χ4v) is 1.95. The minimum Gasteiger partial charge on any atom is -0.481 e. The van der Waals surface area contributed by atoms with Crippen molar-refractivity contribution >= 4 is 17.5 Å². The highest BCUT2D eigenvalue weighted by atomic mass is 35.5. The summed E-state index contributed by atoms with van der Waals surface area (Å²) in [4.78, 5) is 11.9. The molecule has 0 fully saturated rings. The van der Waals surface area contributed by atoms with Crippen molar-refractivity contribution < 1.29 is 19.4 Å². The van der Waals surface area contributed by atoms with Gasteiger partial charge in [0.2, 0.25) is 0 Å². The van der Waals surface area contributed by atoms with Crippen LogP contribution in [-0.4, -0.2) is 37.4 Å². The molecule has 1 rings (SSSR count). The summed E-state index contributed by atoms with van der Waals surface area (Å²) in [6, 6.07) is 4.94. The first-order valence-corrected chi connectivity index (χ1v) is 7.24. The van der Waals surface area contributed by atoms with Gasteiger partial charge in [-0.15, -0.1) is 0 Å². The van der Waals surface area contributed by atoms with Gasteiger partial charge >= 0.3 is 0 Å². The van der Waals surface area contributed by atoms with E-state index >= 15 is 0 Å².